The Labute approximate surface area is 122 Å². The van der Waals surface area contributed by atoms with Crippen molar-refractivity contribution in [2.45, 2.75) is 6.18 Å². The summed E-state index contributed by atoms with van der Waals surface area (Å²) >= 11 is 0. The number of phenols is 1. The highest BCUT2D eigenvalue weighted by atomic mass is 19.4. The topological polar surface area (TPSA) is 89.8 Å². The quantitative estimate of drug-likeness (QED) is 0.720. The summed E-state index contributed by atoms with van der Waals surface area (Å²) in [4.78, 5) is 7.89. The molecule has 114 valence electrons. The summed E-state index contributed by atoms with van der Waals surface area (Å²) in [5.74, 6) is -0.716. The molecule has 0 radical (unpaired) electrons. The minimum absolute atomic E-state index is 0.160. The number of phenolic OH excluding ortho intramolecular Hbond substituents is 1. The van der Waals surface area contributed by atoms with E-state index in [1.807, 2.05) is 0 Å². The highest BCUT2D eigenvalue weighted by Gasteiger charge is 2.34. The Balaban J connectivity index is 2.23. The van der Waals surface area contributed by atoms with Crippen molar-refractivity contribution in [3.8, 4) is 17.0 Å². The van der Waals surface area contributed by atoms with Gasteiger partial charge in [0.05, 0.1) is 10.9 Å². The van der Waals surface area contributed by atoms with Gasteiger partial charge in [0.15, 0.2) is 5.65 Å². The summed E-state index contributed by atoms with van der Waals surface area (Å²) < 4.78 is 39.5. The fourth-order valence-electron chi connectivity index (χ4n) is 2.23. The lowest BCUT2D eigenvalue weighted by Crippen LogP contribution is -2.05. The number of halogens is 3. The van der Waals surface area contributed by atoms with Crippen LogP contribution in [0.4, 0.5) is 19.0 Å². The summed E-state index contributed by atoms with van der Waals surface area (Å²) in [5, 5.41) is 14.2. The largest absolute Gasteiger partial charge is 0.507 e. The molecule has 3 N–H and O–H groups in total. The van der Waals surface area contributed by atoms with E-state index in [9.17, 15) is 18.3 Å². The maximum atomic E-state index is 12.7. The zero-order chi connectivity index (χ0) is 16.1. The third-order valence-electron chi connectivity index (χ3n) is 3.23. The van der Waals surface area contributed by atoms with Gasteiger partial charge in [-0.25, -0.2) is 14.6 Å². The van der Waals surface area contributed by atoms with Gasteiger partial charge < -0.3 is 10.8 Å². The smallest absolute Gasteiger partial charge is 0.419 e. The first-order valence-corrected chi connectivity index (χ1v) is 6.13. The number of fused-ring (bicyclic) bond motifs is 1. The predicted molar refractivity (Wildman–Crippen MR) is 72.8 cm³/mol. The molecule has 0 atom stereocenters. The molecule has 0 aliphatic rings. The van der Waals surface area contributed by atoms with Crippen molar-refractivity contribution in [3.63, 3.8) is 0 Å². The van der Waals surface area contributed by atoms with Crippen LogP contribution >= 0.6 is 0 Å². The minimum atomic E-state index is -4.63. The average molecular weight is 309 g/mol. The van der Waals surface area contributed by atoms with E-state index >= 15 is 0 Å². The Hall–Kier alpha value is -2.84. The number of nitrogens with zero attached hydrogens (tertiary/aromatic N) is 4. The number of alkyl halides is 3. The predicted octanol–water partition coefficient (Wildman–Crippen LogP) is 2.34. The van der Waals surface area contributed by atoms with Crippen molar-refractivity contribution in [1.82, 2.24) is 19.7 Å². The molecule has 3 aromatic rings. The van der Waals surface area contributed by atoms with Gasteiger partial charge in [-0.2, -0.15) is 18.3 Å². The Morgan fingerprint density at radius 3 is 2.59 bits per heavy atom. The molecule has 0 unspecified atom stereocenters. The van der Waals surface area contributed by atoms with E-state index in [-0.39, 0.29) is 11.4 Å². The van der Waals surface area contributed by atoms with Crippen LogP contribution in [-0.2, 0) is 13.2 Å². The summed E-state index contributed by atoms with van der Waals surface area (Å²) in [5.41, 5.74) is 5.73. The van der Waals surface area contributed by atoms with Gasteiger partial charge in [0.25, 0.3) is 0 Å². The first-order valence-electron chi connectivity index (χ1n) is 6.13. The van der Waals surface area contributed by atoms with Crippen LogP contribution in [0.3, 0.4) is 0 Å². The fourth-order valence-corrected chi connectivity index (χ4v) is 2.23. The molecular formula is C13H10F3N5O. The number of hydrogen-bond acceptors (Lipinski definition) is 5. The van der Waals surface area contributed by atoms with Gasteiger partial charge in [-0.1, -0.05) is 6.07 Å². The second kappa shape index (κ2) is 4.58. The molecule has 6 nitrogen and oxygen atoms in total. The number of benzene rings is 1. The van der Waals surface area contributed by atoms with Gasteiger partial charge in [0, 0.05) is 12.6 Å². The van der Waals surface area contributed by atoms with Crippen LogP contribution in [0.15, 0.2) is 24.5 Å². The summed E-state index contributed by atoms with van der Waals surface area (Å²) in [6.45, 7) is 0. The highest BCUT2D eigenvalue weighted by molar-refractivity contribution is 5.98. The van der Waals surface area contributed by atoms with E-state index in [2.05, 4.69) is 15.1 Å². The lowest BCUT2D eigenvalue weighted by atomic mass is 10.1. The van der Waals surface area contributed by atoms with Crippen LogP contribution in [-0.4, -0.2) is 24.9 Å². The highest BCUT2D eigenvalue weighted by Crippen LogP contribution is 2.39. The Bertz CT molecular complexity index is 872. The summed E-state index contributed by atoms with van der Waals surface area (Å²) in [7, 11) is 1.63. The molecule has 0 bridgehead atoms. The first kappa shape index (κ1) is 14.1. The van der Waals surface area contributed by atoms with Crippen molar-refractivity contribution in [1.29, 1.82) is 0 Å². The number of nitrogen functional groups attached to an aromatic ring is 1. The number of rotatable bonds is 1. The van der Waals surface area contributed by atoms with E-state index in [1.54, 1.807) is 7.05 Å². The van der Waals surface area contributed by atoms with E-state index < -0.39 is 17.5 Å². The van der Waals surface area contributed by atoms with E-state index in [0.29, 0.717) is 16.7 Å². The third kappa shape index (κ3) is 2.10. The number of aromatic hydroxyl groups is 1. The van der Waals surface area contributed by atoms with Crippen molar-refractivity contribution in [3.05, 3.63) is 30.1 Å². The van der Waals surface area contributed by atoms with Crippen molar-refractivity contribution in [2.75, 3.05) is 5.73 Å². The Morgan fingerprint density at radius 2 is 1.95 bits per heavy atom. The molecule has 1 aromatic carbocycles. The maximum absolute atomic E-state index is 12.7. The van der Waals surface area contributed by atoms with Crippen molar-refractivity contribution in [2.24, 2.45) is 7.05 Å². The van der Waals surface area contributed by atoms with Crippen LogP contribution in [0.5, 0.6) is 5.75 Å². The van der Waals surface area contributed by atoms with Crippen molar-refractivity contribution < 1.29 is 18.3 Å². The first-order chi connectivity index (χ1) is 10.3. The molecule has 22 heavy (non-hydrogen) atoms. The van der Waals surface area contributed by atoms with Gasteiger partial charge in [-0.15, -0.1) is 0 Å². The van der Waals surface area contributed by atoms with Crippen LogP contribution in [0.1, 0.15) is 5.56 Å². The van der Waals surface area contributed by atoms with Crippen LogP contribution in [0.2, 0.25) is 0 Å². The fraction of sp³-hybridized carbons (Fsp3) is 0.154. The molecule has 0 saturated heterocycles. The van der Waals surface area contributed by atoms with Gasteiger partial charge in [-0.05, 0) is 12.1 Å². The molecule has 0 amide bonds. The Morgan fingerprint density at radius 1 is 1.23 bits per heavy atom. The maximum Gasteiger partial charge on any atom is 0.419 e. The van der Waals surface area contributed by atoms with Crippen molar-refractivity contribution >= 4 is 16.9 Å². The summed E-state index contributed by atoms with van der Waals surface area (Å²) in [6.07, 6.45) is -3.36. The Kier molecular flexibility index (Phi) is 2.94. The van der Waals surface area contributed by atoms with Gasteiger partial charge >= 0.3 is 6.18 Å². The van der Waals surface area contributed by atoms with E-state index in [1.165, 1.54) is 17.1 Å². The van der Waals surface area contributed by atoms with Crippen LogP contribution in [0, 0.1) is 0 Å². The monoisotopic (exact) mass is 309 g/mol. The number of hydrogen-bond donors (Lipinski definition) is 2. The lowest BCUT2D eigenvalue weighted by Gasteiger charge is -2.09. The van der Waals surface area contributed by atoms with Gasteiger partial charge in [-0.3, -0.25) is 0 Å². The molecule has 2 heterocycles. The third-order valence-corrected chi connectivity index (χ3v) is 3.23. The SMILES string of the molecule is Cn1nc(-c2ccc(C(F)(F)F)c(O)c2)c2c(N)ncnc21. The molecule has 0 fully saturated rings. The standard InChI is InChI=1S/C13H10F3N5O/c1-21-12-9(11(17)18-5-19-12)10(20-21)6-2-3-7(8(22)4-6)13(14,15)16/h2-5,22H,1H3,(H2,17,18,19). The number of aromatic nitrogens is 4. The van der Waals surface area contributed by atoms with Gasteiger partial charge in [0.1, 0.15) is 23.6 Å². The summed E-state index contributed by atoms with van der Waals surface area (Å²) in [6, 6.07) is 3.01. The molecule has 0 aliphatic carbocycles. The number of nitrogens with two attached hydrogens (primary N) is 1. The zero-order valence-corrected chi connectivity index (χ0v) is 11.3. The molecule has 0 saturated carbocycles. The average Bonchev–Trinajstić information content (AvgIpc) is 2.76. The van der Waals surface area contributed by atoms with E-state index in [0.717, 1.165) is 12.1 Å². The lowest BCUT2D eigenvalue weighted by molar-refractivity contribution is -0.138. The minimum Gasteiger partial charge on any atom is -0.507 e. The number of anilines is 1. The molecule has 2 aromatic heterocycles. The molecule has 0 spiro atoms. The van der Waals surface area contributed by atoms with E-state index in [4.69, 9.17) is 5.73 Å². The molecule has 3 rings (SSSR count). The van der Waals surface area contributed by atoms with Crippen LogP contribution in [0.25, 0.3) is 22.3 Å². The van der Waals surface area contributed by atoms with Crippen LogP contribution < -0.4 is 5.73 Å². The molecule has 0 aliphatic heterocycles. The van der Waals surface area contributed by atoms with Gasteiger partial charge in [0.2, 0.25) is 0 Å². The molecular weight excluding hydrogens is 299 g/mol. The second-order valence-corrected chi connectivity index (χ2v) is 4.66. The zero-order valence-electron chi connectivity index (χ0n) is 11.3. The molecule has 9 heteroatoms. The number of aryl methyl sites for hydroxylation is 1. The second-order valence-electron chi connectivity index (χ2n) is 4.66. The normalized spacial score (nSPS) is 12.0.